The molecule has 0 aromatic heterocycles. The van der Waals surface area contributed by atoms with Crippen LogP contribution < -0.4 is 5.73 Å². The molecule has 0 saturated heterocycles. The molecular formula is C11H14BrClFN. The Morgan fingerprint density at radius 2 is 2.07 bits per heavy atom. The third-order valence-electron chi connectivity index (χ3n) is 2.98. The standard InChI is InChI=1S/C11H13BrFN.ClH/c12-8-4-5-9(10(13)6-8)11(14)7-2-1-3-7;/h4-7,11H,1-3,14H2;1H/t11-;/m0./s1. The van der Waals surface area contributed by atoms with Crippen molar-refractivity contribution in [2.24, 2.45) is 11.7 Å². The average molecular weight is 295 g/mol. The lowest BCUT2D eigenvalue weighted by molar-refractivity contribution is 0.260. The quantitative estimate of drug-likeness (QED) is 0.882. The Morgan fingerprint density at radius 3 is 2.53 bits per heavy atom. The van der Waals surface area contributed by atoms with Gasteiger partial charge in [-0.05, 0) is 30.9 Å². The highest BCUT2D eigenvalue weighted by Crippen LogP contribution is 2.37. The summed E-state index contributed by atoms with van der Waals surface area (Å²) in [4.78, 5) is 0. The first-order valence-corrected chi connectivity index (χ1v) is 5.68. The Balaban J connectivity index is 0.00000112. The van der Waals surface area contributed by atoms with Crippen molar-refractivity contribution in [3.8, 4) is 0 Å². The molecule has 0 radical (unpaired) electrons. The van der Waals surface area contributed by atoms with Gasteiger partial charge < -0.3 is 5.73 Å². The molecule has 0 bridgehead atoms. The molecule has 1 nitrogen and oxygen atoms in total. The lowest BCUT2D eigenvalue weighted by Gasteiger charge is -2.31. The van der Waals surface area contributed by atoms with E-state index >= 15 is 0 Å². The fourth-order valence-electron chi connectivity index (χ4n) is 1.82. The van der Waals surface area contributed by atoms with Gasteiger partial charge in [-0.2, -0.15) is 0 Å². The van der Waals surface area contributed by atoms with Gasteiger partial charge in [-0.3, -0.25) is 0 Å². The van der Waals surface area contributed by atoms with E-state index in [0.29, 0.717) is 11.5 Å². The van der Waals surface area contributed by atoms with Crippen molar-refractivity contribution in [3.05, 3.63) is 34.1 Å². The molecule has 2 rings (SSSR count). The summed E-state index contributed by atoms with van der Waals surface area (Å²) in [5, 5.41) is 0. The summed E-state index contributed by atoms with van der Waals surface area (Å²) < 4.78 is 14.3. The van der Waals surface area contributed by atoms with E-state index in [9.17, 15) is 4.39 Å². The summed E-state index contributed by atoms with van der Waals surface area (Å²) in [6.07, 6.45) is 3.50. The first-order valence-electron chi connectivity index (χ1n) is 4.89. The van der Waals surface area contributed by atoms with E-state index < -0.39 is 0 Å². The largest absolute Gasteiger partial charge is 0.324 e. The second kappa shape index (κ2) is 5.28. The molecule has 1 aliphatic rings. The fraction of sp³-hybridized carbons (Fsp3) is 0.455. The Hall–Kier alpha value is -0.120. The maximum atomic E-state index is 13.5. The molecule has 1 aromatic rings. The smallest absolute Gasteiger partial charge is 0.129 e. The highest BCUT2D eigenvalue weighted by molar-refractivity contribution is 9.10. The third-order valence-corrected chi connectivity index (χ3v) is 3.47. The normalized spacial score (nSPS) is 17.8. The van der Waals surface area contributed by atoms with Crippen LogP contribution >= 0.6 is 28.3 Å². The first-order chi connectivity index (χ1) is 6.68. The van der Waals surface area contributed by atoms with E-state index in [-0.39, 0.29) is 24.3 Å². The van der Waals surface area contributed by atoms with Gasteiger partial charge in [-0.25, -0.2) is 4.39 Å². The minimum Gasteiger partial charge on any atom is -0.324 e. The molecule has 0 unspecified atom stereocenters. The molecule has 15 heavy (non-hydrogen) atoms. The predicted molar refractivity (Wildman–Crippen MR) is 65.6 cm³/mol. The topological polar surface area (TPSA) is 26.0 Å². The number of benzene rings is 1. The molecule has 84 valence electrons. The molecule has 0 heterocycles. The van der Waals surface area contributed by atoms with E-state index in [1.54, 1.807) is 6.07 Å². The van der Waals surface area contributed by atoms with Crippen molar-refractivity contribution in [2.45, 2.75) is 25.3 Å². The molecule has 1 fully saturated rings. The minimum absolute atomic E-state index is 0. The van der Waals surface area contributed by atoms with Crippen molar-refractivity contribution in [1.82, 2.24) is 0 Å². The Bertz CT molecular complexity index is 341. The molecule has 4 heteroatoms. The maximum absolute atomic E-state index is 13.5. The van der Waals surface area contributed by atoms with Crippen molar-refractivity contribution >= 4 is 28.3 Å². The van der Waals surface area contributed by atoms with Gasteiger partial charge in [-0.15, -0.1) is 12.4 Å². The molecule has 2 N–H and O–H groups in total. The lowest BCUT2D eigenvalue weighted by Crippen LogP contribution is -2.27. The summed E-state index contributed by atoms with van der Waals surface area (Å²) in [7, 11) is 0. The number of rotatable bonds is 2. The number of hydrogen-bond acceptors (Lipinski definition) is 1. The van der Waals surface area contributed by atoms with Crippen LogP contribution in [0, 0.1) is 11.7 Å². The van der Waals surface area contributed by atoms with Crippen LogP contribution in [0.15, 0.2) is 22.7 Å². The van der Waals surface area contributed by atoms with Crippen LogP contribution in [0.1, 0.15) is 30.9 Å². The minimum atomic E-state index is -0.196. The fourth-order valence-corrected chi connectivity index (χ4v) is 2.16. The van der Waals surface area contributed by atoms with Gasteiger partial charge in [0.25, 0.3) is 0 Å². The summed E-state index contributed by atoms with van der Waals surface area (Å²) in [6.45, 7) is 0. The van der Waals surface area contributed by atoms with Crippen LogP contribution in [-0.2, 0) is 0 Å². The second-order valence-electron chi connectivity index (χ2n) is 3.88. The molecule has 1 aliphatic carbocycles. The van der Waals surface area contributed by atoms with E-state index in [0.717, 1.165) is 17.3 Å². The summed E-state index contributed by atoms with van der Waals surface area (Å²) in [5.41, 5.74) is 6.65. The molecule has 1 atom stereocenters. The van der Waals surface area contributed by atoms with Crippen LogP contribution in [-0.4, -0.2) is 0 Å². The van der Waals surface area contributed by atoms with Gasteiger partial charge in [-0.1, -0.05) is 28.4 Å². The van der Waals surface area contributed by atoms with Crippen LogP contribution in [0.4, 0.5) is 4.39 Å². The van der Waals surface area contributed by atoms with Gasteiger partial charge in [0.15, 0.2) is 0 Å². The zero-order valence-electron chi connectivity index (χ0n) is 8.25. The highest BCUT2D eigenvalue weighted by Gasteiger charge is 2.27. The average Bonchev–Trinajstić information content (AvgIpc) is 2.00. The number of nitrogens with two attached hydrogens (primary N) is 1. The van der Waals surface area contributed by atoms with Crippen molar-refractivity contribution in [2.75, 3.05) is 0 Å². The monoisotopic (exact) mass is 293 g/mol. The summed E-state index contributed by atoms with van der Waals surface area (Å²) in [6, 6.07) is 4.98. The molecule has 0 aliphatic heterocycles. The van der Waals surface area contributed by atoms with Crippen molar-refractivity contribution in [1.29, 1.82) is 0 Å². The van der Waals surface area contributed by atoms with E-state index in [4.69, 9.17) is 5.73 Å². The number of hydrogen-bond donors (Lipinski definition) is 1. The zero-order valence-corrected chi connectivity index (χ0v) is 10.7. The summed E-state index contributed by atoms with van der Waals surface area (Å²) in [5.74, 6) is 0.282. The zero-order chi connectivity index (χ0) is 10.1. The Kier molecular flexibility index (Phi) is 4.56. The first kappa shape index (κ1) is 12.9. The SMILES string of the molecule is Cl.N[C@H](c1ccc(Br)cc1F)C1CCC1. The number of halogens is 3. The van der Waals surface area contributed by atoms with Gasteiger partial charge >= 0.3 is 0 Å². The van der Waals surface area contributed by atoms with Crippen LogP contribution in [0.25, 0.3) is 0 Å². The van der Waals surface area contributed by atoms with E-state index in [1.165, 1.54) is 12.5 Å². The van der Waals surface area contributed by atoms with Crippen molar-refractivity contribution in [3.63, 3.8) is 0 Å². The van der Waals surface area contributed by atoms with Crippen LogP contribution in [0.5, 0.6) is 0 Å². The molecule has 0 amide bonds. The van der Waals surface area contributed by atoms with Gasteiger partial charge in [0.1, 0.15) is 5.82 Å². The highest BCUT2D eigenvalue weighted by atomic mass is 79.9. The summed E-state index contributed by atoms with van der Waals surface area (Å²) >= 11 is 3.23. The third kappa shape index (κ3) is 2.71. The lowest BCUT2D eigenvalue weighted by atomic mass is 9.77. The van der Waals surface area contributed by atoms with E-state index in [1.807, 2.05) is 6.07 Å². The van der Waals surface area contributed by atoms with Gasteiger partial charge in [0, 0.05) is 16.1 Å². The maximum Gasteiger partial charge on any atom is 0.129 e. The Morgan fingerprint density at radius 1 is 1.40 bits per heavy atom. The predicted octanol–water partition coefficient (Wildman–Crippen LogP) is 3.81. The van der Waals surface area contributed by atoms with Crippen molar-refractivity contribution < 1.29 is 4.39 Å². The molecule has 1 aromatic carbocycles. The van der Waals surface area contributed by atoms with Crippen LogP contribution in [0.3, 0.4) is 0 Å². The Labute approximate surface area is 104 Å². The second-order valence-corrected chi connectivity index (χ2v) is 4.80. The molecule has 0 spiro atoms. The van der Waals surface area contributed by atoms with Crippen LogP contribution in [0.2, 0.25) is 0 Å². The van der Waals surface area contributed by atoms with Gasteiger partial charge in [0.2, 0.25) is 0 Å². The van der Waals surface area contributed by atoms with Gasteiger partial charge in [0.05, 0.1) is 0 Å². The molecular weight excluding hydrogens is 280 g/mol. The van der Waals surface area contributed by atoms with E-state index in [2.05, 4.69) is 15.9 Å². The molecule has 1 saturated carbocycles.